The van der Waals surface area contributed by atoms with E-state index in [9.17, 15) is 19.2 Å². The van der Waals surface area contributed by atoms with Crippen LogP contribution in [0.3, 0.4) is 0 Å². The zero-order chi connectivity index (χ0) is 22.8. The summed E-state index contributed by atoms with van der Waals surface area (Å²) in [4.78, 5) is 51.6. The Kier molecular flexibility index (Phi) is 6.08. The predicted octanol–water partition coefficient (Wildman–Crippen LogP) is 3.78. The average molecular weight is 434 g/mol. The van der Waals surface area contributed by atoms with E-state index in [-0.39, 0.29) is 29.2 Å². The van der Waals surface area contributed by atoms with Gasteiger partial charge in [0.2, 0.25) is 11.8 Å². The standard InChI is InChI=1S/C25H26N2O5/c1-15-10-11-16(2)21(12-15)26-22(28)14-32-25(31)17-6-5-7-18(13-17)27-23(29)19-8-3-4-9-20(19)24(27)30/h5-7,10-13,19-20H,3-4,8-9,14H2,1-2H3,(H,26,28)/t19-,20+. The van der Waals surface area contributed by atoms with E-state index >= 15 is 0 Å². The minimum Gasteiger partial charge on any atom is -0.452 e. The number of aryl methyl sites for hydroxylation is 2. The van der Waals surface area contributed by atoms with Crippen LogP contribution in [0.1, 0.15) is 47.2 Å². The molecule has 7 nitrogen and oxygen atoms in total. The zero-order valence-corrected chi connectivity index (χ0v) is 18.2. The molecule has 1 aliphatic carbocycles. The highest BCUT2D eigenvalue weighted by Gasteiger charge is 2.48. The molecule has 1 N–H and O–H groups in total. The van der Waals surface area contributed by atoms with Crippen LogP contribution in [0, 0.1) is 25.7 Å². The third-order valence-electron chi connectivity index (χ3n) is 6.18. The second kappa shape index (κ2) is 8.94. The van der Waals surface area contributed by atoms with E-state index in [1.165, 1.54) is 17.0 Å². The monoisotopic (exact) mass is 434 g/mol. The maximum absolute atomic E-state index is 12.8. The summed E-state index contributed by atoms with van der Waals surface area (Å²) in [6, 6.07) is 11.9. The summed E-state index contributed by atoms with van der Waals surface area (Å²) in [5, 5.41) is 2.74. The number of fused-ring (bicyclic) bond motifs is 1. The topological polar surface area (TPSA) is 92.8 Å². The van der Waals surface area contributed by atoms with Crippen LogP contribution in [-0.2, 0) is 19.1 Å². The average Bonchev–Trinajstić information content (AvgIpc) is 3.05. The van der Waals surface area contributed by atoms with Crippen molar-refractivity contribution in [1.29, 1.82) is 0 Å². The second-order valence-electron chi connectivity index (χ2n) is 8.50. The summed E-state index contributed by atoms with van der Waals surface area (Å²) in [6.07, 6.45) is 3.35. The smallest absolute Gasteiger partial charge is 0.338 e. The third-order valence-corrected chi connectivity index (χ3v) is 6.18. The summed E-state index contributed by atoms with van der Waals surface area (Å²) in [5.41, 5.74) is 3.12. The molecule has 1 heterocycles. The van der Waals surface area contributed by atoms with Gasteiger partial charge in [-0.3, -0.25) is 19.3 Å². The van der Waals surface area contributed by atoms with Crippen LogP contribution in [0.15, 0.2) is 42.5 Å². The van der Waals surface area contributed by atoms with Crippen molar-refractivity contribution >= 4 is 35.1 Å². The van der Waals surface area contributed by atoms with Crippen molar-refractivity contribution in [2.24, 2.45) is 11.8 Å². The molecule has 7 heteroatoms. The van der Waals surface area contributed by atoms with Crippen molar-refractivity contribution in [2.45, 2.75) is 39.5 Å². The molecule has 2 aromatic carbocycles. The van der Waals surface area contributed by atoms with Crippen LogP contribution in [0.4, 0.5) is 11.4 Å². The Bertz CT molecular complexity index is 1070. The van der Waals surface area contributed by atoms with Gasteiger partial charge in [0.15, 0.2) is 6.61 Å². The largest absolute Gasteiger partial charge is 0.452 e. The number of nitrogens with zero attached hydrogens (tertiary/aromatic N) is 1. The Morgan fingerprint density at radius 3 is 2.38 bits per heavy atom. The Balaban J connectivity index is 1.41. The van der Waals surface area contributed by atoms with Crippen molar-refractivity contribution in [1.82, 2.24) is 0 Å². The highest BCUT2D eigenvalue weighted by atomic mass is 16.5. The zero-order valence-electron chi connectivity index (χ0n) is 18.2. The van der Waals surface area contributed by atoms with Crippen LogP contribution in [0.5, 0.6) is 0 Å². The minimum atomic E-state index is -0.695. The number of esters is 1. The molecule has 1 saturated heterocycles. The van der Waals surface area contributed by atoms with Gasteiger partial charge in [0.1, 0.15) is 0 Å². The fourth-order valence-corrected chi connectivity index (χ4v) is 4.46. The number of hydrogen-bond acceptors (Lipinski definition) is 5. The van der Waals surface area contributed by atoms with Gasteiger partial charge in [-0.25, -0.2) is 4.79 Å². The van der Waals surface area contributed by atoms with Gasteiger partial charge in [-0.2, -0.15) is 0 Å². The van der Waals surface area contributed by atoms with Gasteiger partial charge in [-0.1, -0.05) is 31.0 Å². The molecule has 1 aliphatic heterocycles. The van der Waals surface area contributed by atoms with Gasteiger partial charge < -0.3 is 10.1 Å². The van der Waals surface area contributed by atoms with Crippen molar-refractivity contribution < 1.29 is 23.9 Å². The maximum Gasteiger partial charge on any atom is 0.338 e. The molecule has 0 radical (unpaired) electrons. The first-order chi connectivity index (χ1) is 15.3. The van der Waals surface area contributed by atoms with Gasteiger partial charge in [-0.15, -0.1) is 0 Å². The Hall–Kier alpha value is -3.48. The molecule has 0 unspecified atom stereocenters. The summed E-state index contributed by atoms with van der Waals surface area (Å²) >= 11 is 0. The van der Waals surface area contributed by atoms with Crippen LogP contribution >= 0.6 is 0 Å². The molecular weight excluding hydrogens is 408 g/mol. The summed E-state index contributed by atoms with van der Waals surface area (Å²) in [5.74, 6) is -2.06. The van der Waals surface area contributed by atoms with Crippen molar-refractivity contribution in [3.8, 4) is 0 Å². The quantitative estimate of drug-likeness (QED) is 0.571. The number of amides is 3. The van der Waals surface area contributed by atoms with Crippen molar-refractivity contribution in [3.63, 3.8) is 0 Å². The number of rotatable bonds is 5. The molecule has 3 amide bonds. The Morgan fingerprint density at radius 2 is 1.69 bits per heavy atom. The molecule has 166 valence electrons. The van der Waals surface area contributed by atoms with Crippen LogP contribution in [-0.4, -0.2) is 30.3 Å². The van der Waals surface area contributed by atoms with Crippen LogP contribution < -0.4 is 10.2 Å². The predicted molar refractivity (Wildman–Crippen MR) is 119 cm³/mol. The molecule has 0 bridgehead atoms. The van der Waals surface area contributed by atoms with Gasteiger partial charge >= 0.3 is 5.97 Å². The second-order valence-corrected chi connectivity index (χ2v) is 8.50. The Labute approximate surface area is 186 Å². The molecule has 2 fully saturated rings. The third kappa shape index (κ3) is 4.28. The van der Waals surface area contributed by atoms with Gasteiger partial charge in [0, 0.05) is 5.69 Å². The fraction of sp³-hybridized carbons (Fsp3) is 0.360. The lowest BCUT2D eigenvalue weighted by Crippen LogP contribution is -2.31. The van der Waals surface area contributed by atoms with E-state index in [1.54, 1.807) is 12.1 Å². The first kappa shape index (κ1) is 21.7. The number of hydrogen-bond donors (Lipinski definition) is 1. The van der Waals surface area contributed by atoms with Crippen LogP contribution in [0.25, 0.3) is 0 Å². The molecule has 0 aromatic heterocycles. The molecule has 32 heavy (non-hydrogen) atoms. The van der Waals surface area contributed by atoms with E-state index in [4.69, 9.17) is 4.74 Å². The molecule has 0 spiro atoms. The molecule has 1 saturated carbocycles. The number of benzene rings is 2. The number of nitrogens with one attached hydrogen (secondary N) is 1. The summed E-state index contributed by atoms with van der Waals surface area (Å²) in [7, 11) is 0. The van der Waals surface area contributed by atoms with Crippen molar-refractivity contribution in [3.05, 3.63) is 59.2 Å². The number of carbonyl (C=O) groups is 4. The molecule has 2 aliphatic rings. The van der Waals surface area contributed by atoms with Gasteiger partial charge in [0.05, 0.1) is 23.1 Å². The first-order valence-corrected chi connectivity index (χ1v) is 10.9. The minimum absolute atomic E-state index is 0.178. The highest BCUT2D eigenvalue weighted by molar-refractivity contribution is 6.22. The highest BCUT2D eigenvalue weighted by Crippen LogP contribution is 2.40. The molecule has 2 aromatic rings. The maximum atomic E-state index is 12.8. The van der Waals surface area contributed by atoms with Crippen molar-refractivity contribution in [2.75, 3.05) is 16.8 Å². The van der Waals surface area contributed by atoms with E-state index in [2.05, 4.69) is 5.32 Å². The van der Waals surface area contributed by atoms with E-state index in [0.717, 1.165) is 36.8 Å². The number of ether oxygens (including phenoxy) is 1. The van der Waals surface area contributed by atoms with Gasteiger partial charge in [-0.05, 0) is 62.1 Å². The normalized spacial score (nSPS) is 20.1. The van der Waals surface area contributed by atoms with Crippen LogP contribution in [0.2, 0.25) is 0 Å². The van der Waals surface area contributed by atoms with E-state index < -0.39 is 18.5 Å². The Morgan fingerprint density at radius 1 is 1.00 bits per heavy atom. The van der Waals surface area contributed by atoms with Gasteiger partial charge in [0.25, 0.3) is 5.91 Å². The first-order valence-electron chi connectivity index (χ1n) is 10.9. The SMILES string of the molecule is Cc1ccc(C)c(NC(=O)COC(=O)c2cccc(N3C(=O)[C@H]4CCCC[C@H]4C3=O)c2)c1. The van der Waals surface area contributed by atoms with E-state index in [0.29, 0.717) is 11.4 Å². The fourth-order valence-electron chi connectivity index (χ4n) is 4.46. The molecule has 2 atom stereocenters. The summed E-state index contributed by atoms with van der Waals surface area (Å²) < 4.78 is 5.16. The lowest BCUT2D eigenvalue weighted by atomic mass is 9.81. The lowest BCUT2D eigenvalue weighted by Gasteiger charge is -2.19. The van der Waals surface area contributed by atoms with E-state index in [1.807, 2.05) is 32.0 Å². The molecule has 4 rings (SSSR count). The lowest BCUT2D eigenvalue weighted by molar-refractivity contribution is -0.122. The number of imide groups is 1. The summed E-state index contributed by atoms with van der Waals surface area (Å²) in [6.45, 7) is 3.36. The number of carbonyl (C=O) groups excluding carboxylic acids is 4. The number of anilines is 2. The molecular formula is C25H26N2O5.